The van der Waals surface area contributed by atoms with E-state index < -0.39 is 6.03 Å². The molecule has 0 unspecified atom stereocenters. The van der Waals surface area contributed by atoms with Gasteiger partial charge in [0.2, 0.25) is 0 Å². The highest BCUT2D eigenvalue weighted by Gasteiger charge is 2.17. The van der Waals surface area contributed by atoms with Gasteiger partial charge in [0.25, 0.3) is 5.91 Å². The molecule has 0 bridgehead atoms. The Hall–Kier alpha value is -1.40. The molecule has 1 saturated heterocycles. The van der Waals surface area contributed by atoms with Gasteiger partial charge in [0.05, 0.1) is 4.88 Å². The van der Waals surface area contributed by atoms with Crippen LogP contribution in [0.25, 0.3) is 0 Å². The first kappa shape index (κ1) is 12.1. The number of piperidine rings is 1. The van der Waals surface area contributed by atoms with E-state index in [4.69, 9.17) is 0 Å². The third kappa shape index (κ3) is 3.54. The molecule has 0 radical (unpaired) electrons. The van der Waals surface area contributed by atoms with Crippen LogP contribution in [0.1, 0.15) is 22.5 Å². The van der Waals surface area contributed by atoms with Crippen molar-refractivity contribution in [1.29, 1.82) is 0 Å². The quantitative estimate of drug-likeness (QED) is 0.734. The number of thiophene rings is 1. The lowest BCUT2D eigenvalue weighted by Crippen LogP contribution is -2.48. The highest BCUT2D eigenvalue weighted by atomic mass is 32.1. The minimum Gasteiger partial charge on any atom is -0.335 e. The van der Waals surface area contributed by atoms with E-state index in [1.54, 1.807) is 17.5 Å². The average Bonchev–Trinajstić information content (AvgIpc) is 2.83. The lowest BCUT2D eigenvalue weighted by molar-refractivity contribution is 0.0967. The molecular weight excluding hydrogens is 238 g/mol. The molecule has 0 spiro atoms. The summed E-state index contributed by atoms with van der Waals surface area (Å²) in [5.41, 5.74) is 0. The number of amides is 3. The topological polar surface area (TPSA) is 70.2 Å². The first-order valence-electron chi connectivity index (χ1n) is 5.62. The third-order valence-corrected chi connectivity index (χ3v) is 3.52. The second-order valence-electron chi connectivity index (χ2n) is 3.93. The predicted octanol–water partition coefficient (Wildman–Crippen LogP) is 0.939. The second kappa shape index (κ2) is 5.79. The number of rotatable bonds is 2. The maximum atomic E-state index is 11.6. The molecule has 17 heavy (non-hydrogen) atoms. The van der Waals surface area contributed by atoms with Gasteiger partial charge < -0.3 is 10.6 Å². The van der Waals surface area contributed by atoms with Gasteiger partial charge in [-0.1, -0.05) is 6.07 Å². The van der Waals surface area contributed by atoms with Crippen molar-refractivity contribution in [3.05, 3.63) is 22.4 Å². The Morgan fingerprint density at radius 2 is 2.12 bits per heavy atom. The number of nitrogens with one attached hydrogen (secondary N) is 3. The van der Waals surface area contributed by atoms with E-state index in [1.807, 2.05) is 0 Å². The summed E-state index contributed by atoms with van der Waals surface area (Å²) in [4.78, 5) is 23.7. The Labute approximate surface area is 104 Å². The zero-order valence-corrected chi connectivity index (χ0v) is 10.2. The summed E-state index contributed by atoms with van der Waals surface area (Å²) in [6.07, 6.45) is 1.81. The van der Waals surface area contributed by atoms with E-state index in [1.165, 1.54) is 11.3 Å². The molecule has 6 heteroatoms. The van der Waals surface area contributed by atoms with Crippen LogP contribution in [0.5, 0.6) is 0 Å². The molecular formula is C11H15N3O2S. The maximum Gasteiger partial charge on any atom is 0.321 e. The maximum absolute atomic E-state index is 11.6. The zero-order chi connectivity index (χ0) is 12.1. The fourth-order valence-electron chi connectivity index (χ4n) is 1.76. The van der Waals surface area contributed by atoms with Crippen molar-refractivity contribution in [1.82, 2.24) is 16.0 Å². The molecule has 1 aliphatic heterocycles. The van der Waals surface area contributed by atoms with E-state index in [-0.39, 0.29) is 11.9 Å². The number of hydrogen-bond acceptors (Lipinski definition) is 4. The fraction of sp³-hybridized carbons (Fsp3) is 0.455. The van der Waals surface area contributed by atoms with Gasteiger partial charge >= 0.3 is 6.03 Å². The number of carbonyl (C=O) groups excluding carboxylic acids is 2. The number of urea groups is 1. The molecule has 0 aromatic carbocycles. The van der Waals surface area contributed by atoms with Crippen LogP contribution in [0.15, 0.2) is 17.5 Å². The van der Waals surface area contributed by atoms with Crippen molar-refractivity contribution < 1.29 is 9.59 Å². The van der Waals surface area contributed by atoms with Crippen LogP contribution in [0.2, 0.25) is 0 Å². The van der Waals surface area contributed by atoms with Gasteiger partial charge in [-0.05, 0) is 37.4 Å². The van der Waals surface area contributed by atoms with Gasteiger partial charge in [0.1, 0.15) is 0 Å². The largest absolute Gasteiger partial charge is 0.335 e. The highest BCUT2D eigenvalue weighted by Crippen LogP contribution is 2.07. The van der Waals surface area contributed by atoms with E-state index in [0.29, 0.717) is 4.88 Å². The first-order chi connectivity index (χ1) is 8.25. The molecule has 1 aromatic rings. The van der Waals surface area contributed by atoms with Crippen LogP contribution < -0.4 is 16.0 Å². The Morgan fingerprint density at radius 3 is 2.76 bits per heavy atom. The summed E-state index contributed by atoms with van der Waals surface area (Å²) in [6, 6.07) is 3.23. The molecule has 3 N–H and O–H groups in total. The van der Waals surface area contributed by atoms with Gasteiger partial charge in [-0.3, -0.25) is 10.1 Å². The summed E-state index contributed by atoms with van der Waals surface area (Å²) < 4.78 is 0. The molecule has 92 valence electrons. The molecule has 0 saturated carbocycles. The van der Waals surface area contributed by atoms with Crippen molar-refractivity contribution in [2.75, 3.05) is 13.1 Å². The minimum absolute atomic E-state index is 0.160. The van der Waals surface area contributed by atoms with E-state index in [0.717, 1.165) is 25.9 Å². The van der Waals surface area contributed by atoms with Crippen LogP contribution >= 0.6 is 11.3 Å². The van der Waals surface area contributed by atoms with E-state index in [9.17, 15) is 9.59 Å². The lowest BCUT2D eigenvalue weighted by atomic mass is 10.1. The monoisotopic (exact) mass is 253 g/mol. The van der Waals surface area contributed by atoms with Gasteiger partial charge in [-0.2, -0.15) is 0 Å². The molecule has 0 aliphatic carbocycles. The van der Waals surface area contributed by atoms with Crippen molar-refractivity contribution in [3.8, 4) is 0 Å². The molecule has 5 nitrogen and oxygen atoms in total. The van der Waals surface area contributed by atoms with Crippen molar-refractivity contribution in [3.63, 3.8) is 0 Å². The van der Waals surface area contributed by atoms with Gasteiger partial charge in [0.15, 0.2) is 0 Å². The smallest absolute Gasteiger partial charge is 0.321 e. The standard InChI is InChI=1S/C11H15N3O2S/c15-10(9-2-1-7-17-9)14-11(16)13-8-3-5-12-6-4-8/h1-2,7-8,12H,3-6H2,(H2,13,14,15,16). The average molecular weight is 253 g/mol. The summed E-state index contributed by atoms with van der Waals surface area (Å²) in [5, 5.41) is 10.2. The second-order valence-corrected chi connectivity index (χ2v) is 4.88. The Bertz CT molecular complexity index is 385. The number of hydrogen-bond donors (Lipinski definition) is 3. The molecule has 1 aromatic heterocycles. The molecule has 2 heterocycles. The van der Waals surface area contributed by atoms with Crippen LogP contribution in [-0.2, 0) is 0 Å². The lowest BCUT2D eigenvalue weighted by Gasteiger charge is -2.23. The summed E-state index contributed by atoms with van der Waals surface area (Å²) >= 11 is 1.32. The summed E-state index contributed by atoms with van der Waals surface area (Å²) in [5.74, 6) is -0.341. The first-order valence-corrected chi connectivity index (χ1v) is 6.50. The minimum atomic E-state index is -0.407. The summed E-state index contributed by atoms with van der Waals surface area (Å²) in [7, 11) is 0. The highest BCUT2D eigenvalue weighted by molar-refractivity contribution is 7.12. The normalized spacial score (nSPS) is 16.5. The van der Waals surface area contributed by atoms with Crippen LogP contribution in [0.3, 0.4) is 0 Å². The van der Waals surface area contributed by atoms with E-state index in [2.05, 4.69) is 16.0 Å². The Morgan fingerprint density at radius 1 is 1.35 bits per heavy atom. The predicted molar refractivity (Wildman–Crippen MR) is 66.2 cm³/mol. The van der Waals surface area contributed by atoms with Crippen molar-refractivity contribution in [2.45, 2.75) is 18.9 Å². The summed E-state index contributed by atoms with van der Waals surface area (Å²) in [6.45, 7) is 1.81. The van der Waals surface area contributed by atoms with Crippen LogP contribution in [0, 0.1) is 0 Å². The molecule has 3 amide bonds. The van der Waals surface area contributed by atoms with Crippen molar-refractivity contribution in [2.24, 2.45) is 0 Å². The fourth-order valence-corrected chi connectivity index (χ4v) is 2.38. The van der Waals surface area contributed by atoms with Crippen molar-refractivity contribution >= 4 is 23.3 Å². The number of imide groups is 1. The molecule has 2 rings (SSSR count). The molecule has 1 fully saturated rings. The van der Waals surface area contributed by atoms with Crippen LogP contribution in [-0.4, -0.2) is 31.1 Å². The van der Waals surface area contributed by atoms with Gasteiger partial charge in [-0.15, -0.1) is 11.3 Å². The third-order valence-electron chi connectivity index (χ3n) is 2.65. The zero-order valence-electron chi connectivity index (χ0n) is 9.36. The Balaban J connectivity index is 1.78. The molecule has 1 aliphatic rings. The SMILES string of the molecule is O=C(NC(=O)c1cccs1)NC1CCNCC1. The Kier molecular flexibility index (Phi) is 4.11. The van der Waals surface area contributed by atoms with Gasteiger partial charge in [0, 0.05) is 6.04 Å². The number of carbonyl (C=O) groups is 2. The van der Waals surface area contributed by atoms with Gasteiger partial charge in [-0.25, -0.2) is 4.79 Å². The molecule has 0 atom stereocenters. The van der Waals surface area contributed by atoms with Crippen LogP contribution in [0.4, 0.5) is 4.79 Å². The van der Waals surface area contributed by atoms with E-state index >= 15 is 0 Å².